The van der Waals surface area contributed by atoms with Gasteiger partial charge in [0, 0.05) is 31.6 Å². The van der Waals surface area contributed by atoms with Gasteiger partial charge in [-0.15, -0.1) is 0 Å². The van der Waals surface area contributed by atoms with Crippen LogP contribution >= 0.6 is 0 Å². The Hall–Kier alpha value is -3.41. The summed E-state index contributed by atoms with van der Waals surface area (Å²) < 4.78 is 10.8. The van der Waals surface area contributed by atoms with Crippen molar-refractivity contribution < 1.29 is 29.4 Å². The lowest BCUT2D eigenvalue weighted by molar-refractivity contribution is -0.150. The Labute approximate surface area is 253 Å². The number of rotatable bonds is 5. The lowest BCUT2D eigenvalue weighted by Crippen LogP contribution is -2.51. The number of carbonyl (C=O) groups is 2. The molecule has 0 unspecified atom stereocenters. The van der Waals surface area contributed by atoms with Crippen LogP contribution in [0.2, 0.25) is 0 Å². The third kappa shape index (κ3) is 5.11. The van der Waals surface area contributed by atoms with Crippen molar-refractivity contribution in [2.24, 2.45) is 27.8 Å². The summed E-state index contributed by atoms with van der Waals surface area (Å²) in [6.07, 6.45) is 7.70. The summed E-state index contributed by atoms with van der Waals surface area (Å²) in [7, 11) is 0. The van der Waals surface area contributed by atoms with Crippen molar-refractivity contribution in [3.63, 3.8) is 0 Å². The number of Topliss-reactive ketones (excluding diaryl/α,β-unsaturated/α-hetero) is 1. The van der Waals surface area contributed by atoms with Gasteiger partial charge < -0.3 is 24.7 Å². The molecule has 0 spiro atoms. The number of ketones is 1. The molecule has 0 aromatic heterocycles. The summed E-state index contributed by atoms with van der Waals surface area (Å²) in [6, 6.07) is 8.93. The fourth-order valence-corrected chi connectivity index (χ4v) is 9.03. The maximum Gasteiger partial charge on any atom is 0.303 e. The van der Waals surface area contributed by atoms with Gasteiger partial charge in [0.25, 0.3) is 0 Å². The van der Waals surface area contributed by atoms with Gasteiger partial charge in [-0.2, -0.15) is 0 Å². The number of ether oxygens (including phenoxy) is 2. The number of allylic oxidation sites excluding steroid dienone is 4. The minimum atomic E-state index is -1.00. The number of hydrogen-bond acceptors (Lipinski definition) is 8. The number of oxime groups is 1. The number of hydrogen-bond donors (Lipinski definition) is 2. The Morgan fingerprint density at radius 3 is 2.60 bits per heavy atom. The highest BCUT2D eigenvalue weighted by molar-refractivity contribution is 5.97. The molecule has 0 bridgehead atoms. The first-order valence-electron chi connectivity index (χ1n) is 15.7. The number of anilines is 1. The summed E-state index contributed by atoms with van der Waals surface area (Å²) in [5.41, 5.74) is 5.84. The summed E-state index contributed by atoms with van der Waals surface area (Å²) in [4.78, 5) is 28.1. The van der Waals surface area contributed by atoms with Crippen LogP contribution < -0.4 is 4.90 Å². The molecule has 43 heavy (non-hydrogen) atoms. The van der Waals surface area contributed by atoms with E-state index in [0.717, 1.165) is 64.1 Å². The van der Waals surface area contributed by atoms with E-state index in [0.29, 0.717) is 18.8 Å². The number of nitrogens with zero attached hydrogens (tertiary/aromatic N) is 2. The monoisotopic (exact) mass is 586 g/mol. The number of fused-ring (bicyclic) bond motifs is 4. The predicted molar refractivity (Wildman–Crippen MR) is 163 cm³/mol. The maximum absolute atomic E-state index is 14.0. The SMILES string of the molecule is CC(=O)OCC(=O)[C@@]1(C#CCO)CC[C@H]2[C@@H]3CCC4=CC(=NO)CCC4=C3[C@@H](c3ccc(N4CCOCC4)cc3)C[C@@]21C. The van der Waals surface area contributed by atoms with Gasteiger partial charge in [-0.05, 0) is 97.1 Å². The second-order valence-corrected chi connectivity index (χ2v) is 12.9. The molecule has 228 valence electrons. The Morgan fingerprint density at radius 2 is 1.91 bits per heavy atom. The molecule has 5 atom stereocenters. The second-order valence-electron chi connectivity index (χ2n) is 12.9. The number of morpholine rings is 1. The van der Waals surface area contributed by atoms with Crippen LogP contribution in [0.5, 0.6) is 0 Å². The zero-order valence-corrected chi connectivity index (χ0v) is 25.2. The van der Waals surface area contributed by atoms with Crippen LogP contribution in [0.15, 0.2) is 52.2 Å². The van der Waals surface area contributed by atoms with Gasteiger partial charge >= 0.3 is 5.97 Å². The largest absolute Gasteiger partial charge is 0.458 e. The van der Waals surface area contributed by atoms with Gasteiger partial charge in [0.1, 0.15) is 6.61 Å². The molecule has 2 saturated carbocycles. The van der Waals surface area contributed by atoms with E-state index in [1.807, 2.05) is 0 Å². The van der Waals surface area contributed by atoms with Gasteiger partial charge in [0.05, 0.1) is 24.3 Å². The van der Waals surface area contributed by atoms with Crippen LogP contribution in [-0.2, 0) is 19.1 Å². The van der Waals surface area contributed by atoms with E-state index < -0.39 is 16.8 Å². The Kier molecular flexibility index (Phi) is 8.23. The third-order valence-corrected chi connectivity index (χ3v) is 11.0. The molecule has 2 N–H and O–H groups in total. The highest BCUT2D eigenvalue weighted by Gasteiger charge is 2.65. The molecule has 3 fully saturated rings. The average molecular weight is 587 g/mol. The quantitative estimate of drug-likeness (QED) is 0.221. The first-order valence-corrected chi connectivity index (χ1v) is 15.7. The number of esters is 1. The van der Waals surface area contributed by atoms with Crippen molar-refractivity contribution >= 4 is 23.2 Å². The van der Waals surface area contributed by atoms with Gasteiger partial charge in [-0.25, -0.2) is 0 Å². The smallest absolute Gasteiger partial charge is 0.303 e. The zero-order chi connectivity index (χ0) is 30.2. The number of aliphatic hydroxyl groups is 1. The normalized spacial score (nSPS) is 32.6. The minimum Gasteiger partial charge on any atom is -0.458 e. The molecule has 1 aromatic rings. The molecular formula is C35H42N2O6. The van der Waals surface area contributed by atoms with Crippen LogP contribution in [0.3, 0.4) is 0 Å². The van der Waals surface area contributed by atoms with Gasteiger partial charge in [-0.3, -0.25) is 9.59 Å². The van der Waals surface area contributed by atoms with Gasteiger partial charge in [-0.1, -0.05) is 41.6 Å². The van der Waals surface area contributed by atoms with E-state index in [4.69, 9.17) is 9.47 Å². The molecule has 6 rings (SSSR count). The van der Waals surface area contributed by atoms with Gasteiger partial charge in [0.2, 0.25) is 0 Å². The summed E-state index contributed by atoms with van der Waals surface area (Å²) in [5, 5.41) is 22.8. The second kappa shape index (κ2) is 11.9. The highest BCUT2D eigenvalue weighted by Crippen LogP contribution is 2.69. The molecule has 0 amide bonds. The van der Waals surface area contributed by atoms with Crippen molar-refractivity contribution in [1.82, 2.24) is 0 Å². The molecule has 1 aliphatic heterocycles. The van der Waals surface area contributed by atoms with Crippen molar-refractivity contribution in [2.45, 2.75) is 64.7 Å². The Bertz CT molecular complexity index is 1430. The molecule has 5 aliphatic rings. The number of aliphatic hydroxyl groups excluding tert-OH is 1. The maximum atomic E-state index is 14.0. The van der Waals surface area contributed by atoms with Crippen LogP contribution in [0, 0.1) is 34.5 Å². The topological polar surface area (TPSA) is 109 Å². The third-order valence-electron chi connectivity index (χ3n) is 11.0. The summed E-state index contributed by atoms with van der Waals surface area (Å²) in [6.45, 7) is 6.13. The van der Waals surface area contributed by atoms with E-state index in [1.165, 1.54) is 34.9 Å². The molecule has 4 aliphatic carbocycles. The molecular weight excluding hydrogens is 544 g/mol. The van der Waals surface area contributed by atoms with E-state index in [1.54, 1.807) is 0 Å². The van der Waals surface area contributed by atoms with E-state index in [2.05, 4.69) is 59.2 Å². The minimum absolute atomic E-state index is 0.0891. The van der Waals surface area contributed by atoms with Crippen molar-refractivity contribution in [2.75, 3.05) is 44.4 Å². The molecule has 0 radical (unpaired) electrons. The first kappa shape index (κ1) is 29.7. The zero-order valence-electron chi connectivity index (χ0n) is 25.2. The highest BCUT2D eigenvalue weighted by atomic mass is 16.5. The van der Waals surface area contributed by atoms with Gasteiger partial charge in [0.15, 0.2) is 12.4 Å². The molecule has 1 heterocycles. The van der Waals surface area contributed by atoms with Crippen molar-refractivity contribution in [1.29, 1.82) is 0 Å². The molecule has 8 heteroatoms. The van der Waals surface area contributed by atoms with E-state index in [-0.39, 0.29) is 30.8 Å². The number of benzene rings is 1. The molecule has 8 nitrogen and oxygen atoms in total. The lowest BCUT2D eigenvalue weighted by Gasteiger charge is -2.54. The molecule has 1 aromatic carbocycles. The van der Waals surface area contributed by atoms with Crippen molar-refractivity contribution in [3.05, 3.63) is 52.6 Å². The standard InChI is InChI=1S/C35H42N2O6/c1-23(39)43-22-32(40)35(13-3-17-38)14-12-31-29-10-6-25-20-26(36-41)7-11-28(25)33(29)30(21-34(31,35)2)24-4-8-27(9-5-24)37-15-18-42-19-16-37/h4-5,8-9,20,29-31,38,41H,6-7,10-12,14-19,21-22H2,1-2H3/t29-,30+,31-,34-,35+/m0/s1. The van der Waals surface area contributed by atoms with E-state index >= 15 is 0 Å². The van der Waals surface area contributed by atoms with E-state index in [9.17, 15) is 19.9 Å². The Morgan fingerprint density at radius 1 is 1.14 bits per heavy atom. The fourth-order valence-electron chi connectivity index (χ4n) is 9.03. The van der Waals surface area contributed by atoms with Crippen LogP contribution in [0.1, 0.15) is 70.3 Å². The summed E-state index contributed by atoms with van der Waals surface area (Å²) >= 11 is 0. The molecule has 1 saturated heterocycles. The van der Waals surface area contributed by atoms with Crippen LogP contribution in [0.25, 0.3) is 0 Å². The average Bonchev–Trinajstić information content (AvgIpc) is 3.34. The number of carbonyl (C=O) groups excluding carboxylic acids is 2. The van der Waals surface area contributed by atoms with Crippen LogP contribution in [-0.4, -0.2) is 67.3 Å². The van der Waals surface area contributed by atoms with Crippen molar-refractivity contribution in [3.8, 4) is 11.8 Å². The fraction of sp³-hybridized carbons (Fsp3) is 0.571. The summed E-state index contributed by atoms with van der Waals surface area (Å²) in [5.74, 6) is 6.10. The predicted octanol–water partition coefficient (Wildman–Crippen LogP) is 4.80. The lowest BCUT2D eigenvalue weighted by atomic mass is 9.48. The first-order chi connectivity index (χ1) is 20.8. The Balaban J connectivity index is 1.46. The van der Waals surface area contributed by atoms with Crippen LogP contribution in [0.4, 0.5) is 5.69 Å².